The zero-order valence-electron chi connectivity index (χ0n) is 9.24. The van der Waals surface area contributed by atoms with E-state index in [0.29, 0.717) is 6.42 Å². The molecule has 0 saturated heterocycles. The van der Waals surface area contributed by atoms with Gasteiger partial charge >= 0.3 is 0 Å². The number of hydrogen-bond donors (Lipinski definition) is 3. The first-order chi connectivity index (χ1) is 7.31. The Labute approximate surface area is 91.3 Å². The molecule has 0 spiro atoms. The van der Waals surface area contributed by atoms with Gasteiger partial charge in [-0.05, 0) is 19.3 Å². The van der Waals surface area contributed by atoms with Crippen LogP contribution >= 0.6 is 0 Å². The first-order valence-corrected chi connectivity index (χ1v) is 5.52. The molecule has 5 nitrogen and oxygen atoms in total. The van der Waals surface area contributed by atoms with Crippen LogP contribution in [0.2, 0.25) is 0 Å². The van der Waals surface area contributed by atoms with Crippen LogP contribution in [0.3, 0.4) is 0 Å². The molecule has 15 heavy (non-hydrogen) atoms. The number of carbonyl (C=O) groups is 1. The van der Waals surface area contributed by atoms with Gasteiger partial charge in [0.1, 0.15) is 0 Å². The van der Waals surface area contributed by atoms with Crippen molar-refractivity contribution in [1.29, 1.82) is 0 Å². The van der Waals surface area contributed by atoms with Crippen LogP contribution in [-0.4, -0.2) is 12.1 Å². The SMILES string of the molecule is N/N=C\CCCCCCCCC(=O)NN. The van der Waals surface area contributed by atoms with Crippen molar-refractivity contribution in [1.82, 2.24) is 5.43 Å². The molecule has 0 saturated carbocycles. The fraction of sp³-hybridized carbons (Fsp3) is 0.800. The zero-order valence-corrected chi connectivity index (χ0v) is 9.24. The fourth-order valence-electron chi connectivity index (χ4n) is 1.37. The Balaban J connectivity index is 3.02. The Morgan fingerprint density at radius 2 is 1.73 bits per heavy atom. The van der Waals surface area contributed by atoms with Crippen molar-refractivity contribution in [3.63, 3.8) is 0 Å². The maximum absolute atomic E-state index is 10.8. The first kappa shape index (κ1) is 13.9. The number of carbonyl (C=O) groups excluding carboxylic acids is 1. The van der Waals surface area contributed by atoms with Crippen molar-refractivity contribution < 1.29 is 4.79 Å². The zero-order chi connectivity index (χ0) is 11.4. The second-order valence-corrected chi connectivity index (χ2v) is 3.56. The number of nitrogens with two attached hydrogens (primary N) is 2. The summed E-state index contributed by atoms with van der Waals surface area (Å²) >= 11 is 0. The Morgan fingerprint density at radius 1 is 1.13 bits per heavy atom. The number of amides is 1. The average Bonchev–Trinajstić information content (AvgIpc) is 2.26. The van der Waals surface area contributed by atoms with Crippen molar-refractivity contribution in [2.75, 3.05) is 0 Å². The molecule has 0 aromatic carbocycles. The standard InChI is InChI=1S/C10H22N4O/c11-13-9-7-5-3-1-2-4-6-8-10(15)14-12/h9H,1-8,11-12H2,(H,14,15)/b13-9-. The quantitative estimate of drug-likeness (QED) is 0.176. The van der Waals surface area contributed by atoms with E-state index in [1.54, 1.807) is 6.21 Å². The summed E-state index contributed by atoms with van der Waals surface area (Å²) in [6.07, 6.45) is 10.00. The van der Waals surface area contributed by atoms with Crippen LogP contribution in [-0.2, 0) is 4.79 Å². The summed E-state index contributed by atoms with van der Waals surface area (Å²) in [6, 6.07) is 0. The number of hydrogen-bond acceptors (Lipinski definition) is 4. The van der Waals surface area contributed by atoms with Crippen LogP contribution in [0.1, 0.15) is 51.4 Å². The Bertz CT molecular complexity index is 182. The predicted molar refractivity (Wildman–Crippen MR) is 61.9 cm³/mol. The van der Waals surface area contributed by atoms with E-state index in [4.69, 9.17) is 11.7 Å². The van der Waals surface area contributed by atoms with Crippen LogP contribution < -0.4 is 17.1 Å². The highest BCUT2D eigenvalue weighted by Crippen LogP contribution is 2.07. The third-order valence-electron chi connectivity index (χ3n) is 2.25. The lowest BCUT2D eigenvalue weighted by Crippen LogP contribution is -2.29. The maximum Gasteiger partial charge on any atom is 0.233 e. The van der Waals surface area contributed by atoms with Gasteiger partial charge in [-0.25, -0.2) is 5.84 Å². The van der Waals surface area contributed by atoms with E-state index in [1.807, 2.05) is 0 Å². The summed E-state index contributed by atoms with van der Waals surface area (Å²) in [5.41, 5.74) is 2.12. The van der Waals surface area contributed by atoms with Crippen molar-refractivity contribution in [2.45, 2.75) is 51.4 Å². The van der Waals surface area contributed by atoms with Crippen LogP contribution in [0.4, 0.5) is 0 Å². The van der Waals surface area contributed by atoms with Gasteiger partial charge in [0.15, 0.2) is 0 Å². The van der Waals surface area contributed by atoms with Gasteiger partial charge in [0, 0.05) is 12.6 Å². The van der Waals surface area contributed by atoms with Crippen LogP contribution in [0.5, 0.6) is 0 Å². The monoisotopic (exact) mass is 214 g/mol. The van der Waals surface area contributed by atoms with E-state index in [9.17, 15) is 4.79 Å². The second-order valence-electron chi connectivity index (χ2n) is 3.56. The molecule has 0 aliphatic carbocycles. The lowest BCUT2D eigenvalue weighted by molar-refractivity contribution is -0.121. The van der Waals surface area contributed by atoms with Gasteiger partial charge in [0.25, 0.3) is 0 Å². The highest BCUT2D eigenvalue weighted by atomic mass is 16.2. The van der Waals surface area contributed by atoms with Gasteiger partial charge in [0.05, 0.1) is 0 Å². The number of rotatable bonds is 9. The van der Waals surface area contributed by atoms with E-state index in [2.05, 4.69) is 10.5 Å². The minimum atomic E-state index is -0.0749. The number of nitrogens with one attached hydrogen (secondary N) is 1. The average molecular weight is 214 g/mol. The molecule has 5 heteroatoms. The van der Waals surface area contributed by atoms with Crippen LogP contribution in [0.25, 0.3) is 0 Å². The van der Waals surface area contributed by atoms with Crippen molar-refractivity contribution in [3.05, 3.63) is 0 Å². The van der Waals surface area contributed by atoms with E-state index < -0.39 is 0 Å². The van der Waals surface area contributed by atoms with E-state index in [0.717, 1.165) is 25.7 Å². The summed E-state index contributed by atoms with van der Waals surface area (Å²) in [5.74, 6) is 9.86. The number of hydrazine groups is 1. The molecule has 88 valence electrons. The first-order valence-electron chi connectivity index (χ1n) is 5.52. The summed E-state index contributed by atoms with van der Waals surface area (Å²) in [4.78, 5) is 10.8. The Morgan fingerprint density at radius 3 is 2.33 bits per heavy atom. The molecule has 5 N–H and O–H groups in total. The number of nitrogens with zero attached hydrogens (tertiary/aromatic N) is 1. The van der Waals surface area contributed by atoms with Gasteiger partial charge in [-0.1, -0.05) is 25.7 Å². The van der Waals surface area contributed by atoms with E-state index in [-0.39, 0.29) is 5.91 Å². The van der Waals surface area contributed by atoms with Crippen LogP contribution in [0.15, 0.2) is 5.10 Å². The number of unbranched alkanes of at least 4 members (excludes halogenated alkanes) is 6. The molecule has 0 radical (unpaired) electrons. The largest absolute Gasteiger partial charge is 0.324 e. The third-order valence-corrected chi connectivity index (χ3v) is 2.25. The predicted octanol–water partition coefficient (Wildman–Crippen LogP) is 1.04. The third kappa shape index (κ3) is 10.8. The van der Waals surface area contributed by atoms with Gasteiger partial charge in [-0.3, -0.25) is 10.2 Å². The van der Waals surface area contributed by atoms with Crippen molar-refractivity contribution >= 4 is 12.1 Å². The Kier molecular flexibility index (Phi) is 10.2. The van der Waals surface area contributed by atoms with E-state index in [1.165, 1.54) is 19.3 Å². The smallest absolute Gasteiger partial charge is 0.233 e. The van der Waals surface area contributed by atoms with Crippen molar-refractivity contribution in [2.24, 2.45) is 16.8 Å². The molecule has 0 aliphatic rings. The Hall–Kier alpha value is -1.10. The van der Waals surface area contributed by atoms with Gasteiger partial charge < -0.3 is 5.84 Å². The summed E-state index contributed by atoms with van der Waals surface area (Å²) in [5, 5.41) is 3.43. The molecule has 0 aromatic heterocycles. The molecule has 1 amide bonds. The summed E-state index contributed by atoms with van der Waals surface area (Å²) in [7, 11) is 0. The second kappa shape index (κ2) is 11.0. The summed E-state index contributed by atoms with van der Waals surface area (Å²) < 4.78 is 0. The molecular weight excluding hydrogens is 192 g/mol. The molecule has 0 unspecified atom stereocenters. The van der Waals surface area contributed by atoms with Gasteiger partial charge in [-0.2, -0.15) is 5.10 Å². The normalized spacial score (nSPS) is 10.7. The molecule has 0 rings (SSSR count). The molecule has 0 heterocycles. The minimum Gasteiger partial charge on any atom is -0.324 e. The molecular formula is C10H22N4O. The molecule has 0 bridgehead atoms. The number of hydrazone groups is 1. The van der Waals surface area contributed by atoms with Gasteiger partial charge in [0.2, 0.25) is 5.91 Å². The maximum atomic E-state index is 10.8. The van der Waals surface area contributed by atoms with Crippen molar-refractivity contribution in [3.8, 4) is 0 Å². The van der Waals surface area contributed by atoms with Gasteiger partial charge in [-0.15, -0.1) is 0 Å². The highest BCUT2D eigenvalue weighted by molar-refractivity contribution is 5.74. The topological polar surface area (TPSA) is 93.5 Å². The summed E-state index contributed by atoms with van der Waals surface area (Å²) in [6.45, 7) is 0. The van der Waals surface area contributed by atoms with Crippen LogP contribution in [0, 0.1) is 0 Å². The molecule has 0 fully saturated rings. The molecule has 0 atom stereocenters. The lowest BCUT2D eigenvalue weighted by Gasteiger charge is -2.00. The lowest BCUT2D eigenvalue weighted by atomic mass is 10.1. The molecule has 0 aliphatic heterocycles. The minimum absolute atomic E-state index is 0.0749. The molecule has 0 aromatic rings. The highest BCUT2D eigenvalue weighted by Gasteiger charge is 1.97. The van der Waals surface area contributed by atoms with E-state index >= 15 is 0 Å². The fourth-order valence-corrected chi connectivity index (χ4v) is 1.37.